The number of amides is 1. The molecule has 0 bridgehead atoms. The maximum atomic E-state index is 13.3. The van der Waals surface area contributed by atoms with Crippen molar-refractivity contribution in [1.29, 1.82) is 0 Å². The molecule has 1 fully saturated rings. The average molecular weight is 408 g/mol. The summed E-state index contributed by atoms with van der Waals surface area (Å²) in [4.78, 5) is 13.8. The van der Waals surface area contributed by atoms with Crippen LogP contribution in [0.5, 0.6) is 0 Å². The Kier molecular flexibility index (Phi) is 6.18. The zero-order valence-corrected chi connectivity index (χ0v) is 15.4. The second-order valence-corrected chi connectivity index (χ2v) is 6.92. The summed E-state index contributed by atoms with van der Waals surface area (Å²) in [5, 5.41) is 3.03. The first-order valence-electron chi connectivity index (χ1n) is 8.35. The molecule has 1 atom stereocenters. The Bertz CT molecular complexity index is 718. The van der Waals surface area contributed by atoms with Gasteiger partial charge in [0.25, 0.3) is 5.91 Å². The highest BCUT2D eigenvalue weighted by molar-refractivity contribution is 9.10. The molecule has 1 aliphatic rings. The number of hydrogen-bond acceptors (Lipinski definition) is 2. The lowest BCUT2D eigenvalue weighted by molar-refractivity contribution is -0.937. The molecule has 2 aromatic rings. The van der Waals surface area contributed by atoms with Crippen molar-refractivity contribution in [2.45, 2.75) is 6.04 Å². The second kappa shape index (κ2) is 8.56. The SMILES string of the molecule is O=C(NC[C@H](c1ccc(F)cc1)[NH+]1CCOCC1)c1ccccc1Br. The zero-order valence-electron chi connectivity index (χ0n) is 13.8. The van der Waals surface area contributed by atoms with Gasteiger partial charge in [-0.1, -0.05) is 24.3 Å². The van der Waals surface area contributed by atoms with Gasteiger partial charge in [-0.25, -0.2) is 4.39 Å². The van der Waals surface area contributed by atoms with Gasteiger partial charge in [0, 0.05) is 10.0 Å². The van der Waals surface area contributed by atoms with E-state index in [-0.39, 0.29) is 17.8 Å². The Morgan fingerprint density at radius 2 is 1.84 bits per heavy atom. The largest absolute Gasteiger partial charge is 0.370 e. The molecule has 25 heavy (non-hydrogen) atoms. The lowest BCUT2D eigenvalue weighted by atomic mass is 10.0. The van der Waals surface area contributed by atoms with Crippen molar-refractivity contribution < 1.29 is 18.8 Å². The van der Waals surface area contributed by atoms with Crippen LogP contribution < -0.4 is 10.2 Å². The average Bonchev–Trinajstić information content (AvgIpc) is 2.64. The van der Waals surface area contributed by atoms with Crippen molar-refractivity contribution in [2.24, 2.45) is 0 Å². The van der Waals surface area contributed by atoms with Gasteiger partial charge >= 0.3 is 0 Å². The quantitative estimate of drug-likeness (QED) is 0.795. The summed E-state index contributed by atoms with van der Waals surface area (Å²) in [6.45, 7) is 3.62. The van der Waals surface area contributed by atoms with Gasteiger partial charge < -0.3 is 15.0 Å². The minimum Gasteiger partial charge on any atom is -0.370 e. The van der Waals surface area contributed by atoms with Gasteiger partial charge in [0.1, 0.15) is 24.9 Å². The number of hydrogen-bond donors (Lipinski definition) is 2. The van der Waals surface area contributed by atoms with Gasteiger partial charge in [0.15, 0.2) is 0 Å². The van der Waals surface area contributed by atoms with Crippen molar-refractivity contribution in [3.05, 3.63) is 69.9 Å². The number of carbonyl (C=O) groups is 1. The van der Waals surface area contributed by atoms with E-state index in [1.807, 2.05) is 18.2 Å². The minimum atomic E-state index is -0.253. The smallest absolute Gasteiger partial charge is 0.252 e. The molecule has 1 aliphatic heterocycles. The lowest BCUT2D eigenvalue weighted by Gasteiger charge is -2.32. The number of morpholine rings is 1. The van der Waals surface area contributed by atoms with Crippen LogP contribution in [0.1, 0.15) is 22.0 Å². The lowest BCUT2D eigenvalue weighted by Crippen LogP contribution is -3.15. The van der Waals surface area contributed by atoms with Crippen molar-refractivity contribution in [3.63, 3.8) is 0 Å². The summed E-state index contributed by atoms with van der Waals surface area (Å²) in [5.41, 5.74) is 1.63. The van der Waals surface area contributed by atoms with E-state index in [1.165, 1.54) is 17.0 Å². The van der Waals surface area contributed by atoms with Crippen LogP contribution in [0.25, 0.3) is 0 Å². The molecule has 0 aromatic heterocycles. The molecule has 1 saturated heterocycles. The predicted octanol–water partition coefficient (Wildman–Crippen LogP) is 1.97. The number of ether oxygens (including phenoxy) is 1. The van der Waals surface area contributed by atoms with E-state index in [9.17, 15) is 9.18 Å². The fraction of sp³-hybridized carbons (Fsp3) is 0.316. The first-order valence-corrected chi connectivity index (χ1v) is 9.15. The second-order valence-electron chi connectivity index (χ2n) is 6.06. The topological polar surface area (TPSA) is 42.8 Å². The molecule has 2 N–H and O–H groups in total. The first kappa shape index (κ1) is 18.0. The highest BCUT2D eigenvalue weighted by Gasteiger charge is 2.27. The first-order chi connectivity index (χ1) is 12.1. The molecule has 0 radical (unpaired) electrons. The van der Waals surface area contributed by atoms with Gasteiger partial charge in [-0.3, -0.25) is 4.79 Å². The molecule has 3 rings (SSSR count). The van der Waals surface area contributed by atoms with Crippen LogP contribution in [0.2, 0.25) is 0 Å². The monoisotopic (exact) mass is 407 g/mol. The minimum absolute atomic E-state index is 0.0657. The van der Waals surface area contributed by atoms with Crippen molar-refractivity contribution >= 4 is 21.8 Å². The molecule has 1 heterocycles. The van der Waals surface area contributed by atoms with Gasteiger partial charge in [0.05, 0.1) is 25.3 Å². The molecule has 4 nitrogen and oxygen atoms in total. The predicted molar refractivity (Wildman–Crippen MR) is 97.1 cm³/mol. The summed E-state index contributed by atoms with van der Waals surface area (Å²) < 4.78 is 19.5. The van der Waals surface area contributed by atoms with Crippen LogP contribution in [0.4, 0.5) is 4.39 Å². The van der Waals surface area contributed by atoms with Gasteiger partial charge in [-0.2, -0.15) is 0 Å². The molecule has 132 valence electrons. The third kappa shape index (κ3) is 4.66. The fourth-order valence-electron chi connectivity index (χ4n) is 3.11. The van der Waals surface area contributed by atoms with Gasteiger partial charge in [-0.15, -0.1) is 0 Å². The van der Waals surface area contributed by atoms with Crippen LogP contribution in [-0.2, 0) is 4.74 Å². The van der Waals surface area contributed by atoms with E-state index < -0.39 is 0 Å². The molecular formula is C19H21BrFN2O2+. The van der Waals surface area contributed by atoms with Crippen molar-refractivity contribution in [2.75, 3.05) is 32.8 Å². The molecular weight excluding hydrogens is 387 g/mol. The molecule has 2 aromatic carbocycles. The van der Waals surface area contributed by atoms with Crippen molar-refractivity contribution in [3.8, 4) is 0 Å². The van der Waals surface area contributed by atoms with E-state index in [4.69, 9.17) is 4.74 Å². The Morgan fingerprint density at radius 3 is 2.52 bits per heavy atom. The van der Waals surface area contributed by atoms with E-state index in [0.717, 1.165) is 23.1 Å². The maximum Gasteiger partial charge on any atom is 0.252 e. The molecule has 0 saturated carbocycles. The van der Waals surface area contributed by atoms with Crippen LogP contribution in [0.15, 0.2) is 53.0 Å². The van der Waals surface area contributed by atoms with E-state index in [2.05, 4.69) is 21.2 Å². The van der Waals surface area contributed by atoms with Crippen LogP contribution >= 0.6 is 15.9 Å². The zero-order chi connectivity index (χ0) is 17.6. The van der Waals surface area contributed by atoms with Crippen LogP contribution in [-0.4, -0.2) is 38.8 Å². The Labute approximate surface area is 155 Å². The Morgan fingerprint density at radius 1 is 1.16 bits per heavy atom. The number of quaternary nitrogens is 1. The number of halogens is 2. The summed E-state index contributed by atoms with van der Waals surface area (Å²) in [6.07, 6.45) is 0. The molecule has 0 spiro atoms. The maximum absolute atomic E-state index is 13.3. The van der Waals surface area contributed by atoms with E-state index in [0.29, 0.717) is 25.3 Å². The van der Waals surface area contributed by atoms with Crippen LogP contribution in [0.3, 0.4) is 0 Å². The molecule has 6 heteroatoms. The van der Waals surface area contributed by atoms with E-state index in [1.54, 1.807) is 18.2 Å². The molecule has 1 amide bonds. The van der Waals surface area contributed by atoms with Crippen molar-refractivity contribution in [1.82, 2.24) is 5.32 Å². The van der Waals surface area contributed by atoms with Gasteiger partial charge in [-0.05, 0) is 40.2 Å². The fourth-order valence-corrected chi connectivity index (χ4v) is 3.58. The molecule has 0 unspecified atom stereocenters. The van der Waals surface area contributed by atoms with Gasteiger partial charge in [0.2, 0.25) is 0 Å². The third-order valence-corrected chi connectivity index (χ3v) is 5.18. The summed E-state index contributed by atoms with van der Waals surface area (Å²) in [6, 6.07) is 13.9. The Hall–Kier alpha value is -1.76. The number of carbonyl (C=O) groups excluding carboxylic acids is 1. The summed E-state index contributed by atoms with van der Waals surface area (Å²) in [7, 11) is 0. The Balaban J connectivity index is 1.74. The number of nitrogens with one attached hydrogen (secondary N) is 2. The molecule has 0 aliphatic carbocycles. The summed E-state index contributed by atoms with van der Waals surface area (Å²) >= 11 is 3.41. The highest BCUT2D eigenvalue weighted by atomic mass is 79.9. The highest BCUT2D eigenvalue weighted by Crippen LogP contribution is 2.16. The van der Waals surface area contributed by atoms with E-state index >= 15 is 0 Å². The number of benzene rings is 2. The third-order valence-electron chi connectivity index (χ3n) is 4.49. The summed E-state index contributed by atoms with van der Waals surface area (Å²) in [5.74, 6) is -0.371. The normalized spacial score (nSPS) is 16.4. The number of rotatable bonds is 5. The van der Waals surface area contributed by atoms with Crippen LogP contribution in [0, 0.1) is 5.82 Å². The standard InChI is InChI=1S/C19H20BrFN2O2/c20-17-4-2-1-3-16(17)19(24)22-13-18(23-9-11-25-12-10-23)14-5-7-15(21)8-6-14/h1-8,18H,9-13H2,(H,22,24)/p+1/t18-/m1/s1.